The molecule has 10 heterocycles. The number of aliphatic hydroxyl groups is 5. The van der Waals surface area contributed by atoms with E-state index in [4.69, 9.17) is 16.7 Å². The van der Waals surface area contributed by atoms with Gasteiger partial charge in [-0.25, -0.2) is 17.6 Å². The number of aromatic amines is 5. The fraction of sp³-hybridized carbons (Fsp3) is 0.471. The molecular weight excluding hydrogens is 1430 g/mol. The van der Waals surface area contributed by atoms with Gasteiger partial charge in [-0.1, -0.05) is 76.6 Å². The minimum atomic E-state index is -0.403. The number of benzene rings is 5. The van der Waals surface area contributed by atoms with Crippen LogP contribution in [0.3, 0.4) is 0 Å². The highest BCUT2D eigenvalue weighted by Gasteiger charge is 2.30. The number of rotatable bonds is 18. The van der Waals surface area contributed by atoms with Crippen LogP contribution in [-0.2, 0) is 58.3 Å². The molecule has 0 radical (unpaired) electrons. The van der Waals surface area contributed by atoms with Crippen molar-refractivity contribution in [1.29, 1.82) is 0 Å². The molecule has 590 valence electrons. The first-order valence-corrected chi connectivity index (χ1v) is 39.5. The van der Waals surface area contributed by atoms with Gasteiger partial charge in [-0.15, -0.1) is 0 Å². The molecule has 3 atom stereocenters. The fourth-order valence-electron chi connectivity index (χ4n) is 16.8. The Hall–Kier alpha value is -8.24. The number of piperidine rings is 2. The maximum Gasteiger partial charge on any atom is 0.256 e. The first kappa shape index (κ1) is 82.7. The zero-order chi connectivity index (χ0) is 78.4. The van der Waals surface area contributed by atoms with Gasteiger partial charge >= 0.3 is 0 Å². The van der Waals surface area contributed by atoms with Gasteiger partial charge in [-0.05, 0) is 237 Å². The zero-order valence-electron chi connectivity index (χ0n) is 63.7. The molecule has 5 aliphatic rings. The molecule has 0 aliphatic carbocycles. The average Bonchev–Trinajstić information content (AvgIpc) is 0.897. The standard InChI is InChI=1S/C18H23ClN2O2.3C17H21FN2O2.C16H19FN2O2/c1-2-16-17(12-5-7-21(8-6-12)9-10-22)14-4-3-13(19)11-15(14)18(23)20-16;1-2-16-15(10-20-7-5-12(21)6-8-20)13-4-3-11(18)9-14(13)17(22)19-16;2*1-2-16-15(9-20-7-3-4-12(20)10-21)13-6-5-11(18)8-14(13)17(22)19-16;1-2-15-14(9-19-6-5-11(20)8-19)12-4-3-10(17)7-13(12)16(21)18-15/h3-4,11-12,22H,2,5-10H2,1H3,(H,20,23);3-4,9,12,21H,2,5-8,10H2,1H3,(H,19,22);2*5-6,8,12,21H,2-4,7,9-10H2,1H3,(H,19,22);3-4,7,11,20H,2,5-6,8-9H2,1H3,(H,18,21)/t;;2*12-;11-/m..101/s1. The SMILES string of the molecule is CCc1[nH]c(=O)c2cc(Cl)ccc2c1C1CCN(CCO)CC1.CCc1[nH]c(=O)c2cc(F)ccc2c1CN1CCC(O)CC1.CCc1[nH]c(=O)c2cc(F)ccc2c1CN1CCC[C@@H]1CO.CCc1[nH]c(=O)c2cc(F)ccc2c1CN1CCC[C@H]1CO.CCc1[nH]c(=O)c2cc(F)ccc2c1CN1CC[C@@H](O)C1. The fourth-order valence-corrected chi connectivity index (χ4v) is 17.0. The van der Waals surface area contributed by atoms with Gasteiger partial charge in [0, 0.05) is 110 Å². The van der Waals surface area contributed by atoms with Crippen molar-refractivity contribution in [2.45, 2.75) is 181 Å². The number of aliphatic hydroxyl groups excluding tert-OH is 5. The van der Waals surface area contributed by atoms with E-state index in [1.165, 1.54) is 54.1 Å². The van der Waals surface area contributed by atoms with Crippen molar-refractivity contribution < 1.29 is 43.1 Å². The normalized spacial score (nSPS) is 18.4. The van der Waals surface area contributed by atoms with Crippen LogP contribution in [0.25, 0.3) is 53.9 Å². The van der Waals surface area contributed by atoms with Gasteiger partial charge in [0.2, 0.25) is 0 Å². The van der Waals surface area contributed by atoms with Gasteiger partial charge in [0.15, 0.2) is 0 Å². The minimum Gasteiger partial charge on any atom is -0.395 e. The molecule has 5 aromatic carbocycles. The summed E-state index contributed by atoms with van der Waals surface area (Å²) >= 11 is 6.07. The highest BCUT2D eigenvalue weighted by molar-refractivity contribution is 6.31. The Morgan fingerprint density at radius 3 is 1.08 bits per heavy atom. The van der Waals surface area contributed by atoms with Crippen LogP contribution in [0.4, 0.5) is 17.6 Å². The Balaban J connectivity index is 0.000000136. The van der Waals surface area contributed by atoms with Crippen molar-refractivity contribution in [3.05, 3.63) is 227 Å². The van der Waals surface area contributed by atoms with Crippen molar-refractivity contribution in [3.63, 3.8) is 0 Å². The van der Waals surface area contributed by atoms with Crippen LogP contribution < -0.4 is 27.8 Å². The molecule has 10 N–H and O–H groups in total. The Kier molecular flexibility index (Phi) is 28.8. The molecule has 5 saturated heterocycles. The van der Waals surface area contributed by atoms with E-state index in [2.05, 4.69) is 56.3 Å². The topological polar surface area (TPSA) is 282 Å². The smallest absolute Gasteiger partial charge is 0.256 e. The summed E-state index contributed by atoms with van der Waals surface area (Å²) in [6.07, 6.45) is 11.8. The van der Waals surface area contributed by atoms with E-state index in [1.807, 2.05) is 39.8 Å². The van der Waals surface area contributed by atoms with E-state index in [-0.39, 0.29) is 71.9 Å². The zero-order valence-corrected chi connectivity index (χ0v) is 64.4. The van der Waals surface area contributed by atoms with E-state index in [1.54, 1.807) is 30.3 Å². The number of H-pyrrole nitrogens is 5. The molecule has 0 bridgehead atoms. The number of fused-ring (bicyclic) bond motifs is 5. The van der Waals surface area contributed by atoms with Crippen molar-refractivity contribution >= 4 is 65.5 Å². The number of hydrogen-bond donors (Lipinski definition) is 10. The van der Waals surface area contributed by atoms with Crippen LogP contribution in [0.2, 0.25) is 5.02 Å². The molecule has 10 aromatic rings. The number of aryl methyl sites for hydroxylation is 5. The molecule has 0 unspecified atom stereocenters. The summed E-state index contributed by atoms with van der Waals surface area (Å²) in [7, 11) is 0. The third kappa shape index (κ3) is 19.6. The van der Waals surface area contributed by atoms with Crippen molar-refractivity contribution in [1.82, 2.24) is 49.4 Å². The monoisotopic (exact) mass is 1540 g/mol. The summed E-state index contributed by atoms with van der Waals surface area (Å²) in [6, 6.07) is 23.5. The summed E-state index contributed by atoms with van der Waals surface area (Å²) in [5, 5.41) is 54.5. The van der Waals surface area contributed by atoms with Gasteiger partial charge in [0.1, 0.15) is 23.3 Å². The predicted octanol–water partition coefficient (Wildman–Crippen LogP) is 11.3. The molecule has 5 aromatic heterocycles. The lowest BCUT2D eigenvalue weighted by atomic mass is 9.85. The molecule has 5 fully saturated rings. The maximum absolute atomic E-state index is 13.5. The van der Waals surface area contributed by atoms with Gasteiger partial charge in [0.25, 0.3) is 27.8 Å². The minimum absolute atomic E-state index is 0.0548. The van der Waals surface area contributed by atoms with E-state index in [9.17, 15) is 62.0 Å². The number of nitrogens with one attached hydrogen (secondary N) is 5. The van der Waals surface area contributed by atoms with Gasteiger partial charge < -0.3 is 55.4 Å². The molecule has 15 rings (SSSR count). The van der Waals surface area contributed by atoms with Gasteiger partial charge in [-0.2, -0.15) is 0 Å². The molecule has 0 spiro atoms. The van der Waals surface area contributed by atoms with Crippen LogP contribution in [0.5, 0.6) is 0 Å². The lowest BCUT2D eigenvalue weighted by Gasteiger charge is -2.33. The van der Waals surface area contributed by atoms with Gasteiger partial charge in [0.05, 0.1) is 53.6 Å². The molecule has 0 amide bonds. The van der Waals surface area contributed by atoms with E-state index in [0.717, 1.165) is 220 Å². The molecule has 5 aliphatic heterocycles. The number of hydrogen-bond acceptors (Lipinski definition) is 15. The average molecular weight is 1540 g/mol. The van der Waals surface area contributed by atoms with E-state index < -0.39 is 23.3 Å². The number of β-amino-alcohol motifs (C(OH)–C–C–N with tert-alkyl or cyclic N) is 2. The van der Waals surface area contributed by atoms with Crippen LogP contribution in [0.15, 0.2) is 115 Å². The summed E-state index contributed by atoms with van der Waals surface area (Å²) in [6.45, 7) is 21.1. The van der Waals surface area contributed by atoms with Crippen molar-refractivity contribution in [2.75, 3.05) is 78.7 Å². The maximum atomic E-state index is 13.5. The number of likely N-dealkylation sites (tertiary alicyclic amines) is 5. The summed E-state index contributed by atoms with van der Waals surface area (Å²) in [5.41, 5.74) is 9.08. The second-order valence-corrected chi connectivity index (χ2v) is 30.1. The first-order valence-electron chi connectivity index (χ1n) is 39.1. The Morgan fingerprint density at radius 2 is 0.718 bits per heavy atom. The lowest BCUT2D eigenvalue weighted by Crippen LogP contribution is -2.35. The Morgan fingerprint density at radius 1 is 0.382 bits per heavy atom. The number of nitrogens with zero attached hydrogens (tertiary/aromatic N) is 5. The predicted molar refractivity (Wildman–Crippen MR) is 428 cm³/mol. The molecule has 110 heavy (non-hydrogen) atoms. The molecule has 20 nitrogen and oxygen atoms in total. The lowest BCUT2D eigenvalue weighted by molar-refractivity contribution is 0.0793. The second kappa shape index (κ2) is 38.3. The van der Waals surface area contributed by atoms with Gasteiger partial charge in [-0.3, -0.25) is 43.6 Å². The number of aromatic nitrogens is 5. The van der Waals surface area contributed by atoms with Crippen molar-refractivity contribution in [2.24, 2.45) is 0 Å². The van der Waals surface area contributed by atoms with E-state index >= 15 is 0 Å². The van der Waals surface area contributed by atoms with Crippen LogP contribution in [0.1, 0.15) is 155 Å². The Bertz CT molecular complexity index is 5040. The summed E-state index contributed by atoms with van der Waals surface area (Å²) in [5.74, 6) is -1.15. The highest BCUT2D eigenvalue weighted by Crippen LogP contribution is 2.36. The highest BCUT2D eigenvalue weighted by atomic mass is 35.5. The number of halogens is 5. The van der Waals surface area contributed by atoms with Crippen molar-refractivity contribution in [3.8, 4) is 0 Å². The second-order valence-electron chi connectivity index (χ2n) is 29.6. The molecule has 0 saturated carbocycles. The molecule has 25 heteroatoms. The summed E-state index contributed by atoms with van der Waals surface area (Å²) < 4.78 is 53.7. The van der Waals surface area contributed by atoms with E-state index in [0.29, 0.717) is 70.5 Å². The Labute approximate surface area is 641 Å². The van der Waals surface area contributed by atoms with Crippen LogP contribution in [0, 0.1) is 23.3 Å². The third-order valence-electron chi connectivity index (χ3n) is 22.7. The first-order chi connectivity index (χ1) is 53.1. The largest absolute Gasteiger partial charge is 0.395 e. The number of pyridine rings is 5. The van der Waals surface area contributed by atoms with Crippen LogP contribution in [-0.4, -0.2) is 178 Å². The molecular formula is C85H105ClF4N10O10. The summed E-state index contributed by atoms with van der Waals surface area (Å²) in [4.78, 5) is 86.7. The third-order valence-corrected chi connectivity index (χ3v) is 23.0. The van der Waals surface area contributed by atoms with Crippen LogP contribution >= 0.6 is 11.6 Å². The quantitative estimate of drug-likeness (QED) is 0.0358.